The molecule has 1 fully saturated rings. The van der Waals surface area contributed by atoms with Crippen LogP contribution in [0.4, 0.5) is 0 Å². The first-order chi connectivity index (χ1) is 9.66. The van der Waals surface area contributed by atoms with Gasteiger partial charge >= 0.3 is 5.97 Å². The molecule has 3 atom stereocenters. The molecule has 0 aromatic heterocycles. The van der Waals surface area contributed by atoms with Crippen LogP contribution in [-0.4, -0.2) is 36.9 Å². The zero-order valence-electron chi connectivity index (χ0n) is 11.5. The van der Waals surface area contributed by atoms with E-state index in [1.807, 2.05) is 18.2 Å². The van der Waals surface area contributed by atoms with Gasteiger partial charge in [-0.1, -0.05) is 12.1 Å². The predicted molar refractivity (Wildman–Crippen MR) is 73.4 cm³/mol. The number of benzene rings is 1. The van der Waals surface area contributed by atoms with Gasteiger partial charge in [-0.05, 0) is 19.4 Å². The van der Waals surface area contributed by atoms with Crippen molar-refractivity contribution in [3.63, 3.8) is 0 Å². The molecule has 5 nitrogen and oxygen atoms in total. The fourth-order valence-electron chi connectivity index (χ4n) is 3.09. The minimum absolute atomic E-state index is 0.0413. The van der Waals surface area contributed by atoms with E-state index in [1.54, 1.807) is 0 Å². The summed E-state index contributed by atoms with van der Waals surface area (Å²) in [6.45, 7) is 3.63. The maximum absolute atomic E-state index is 11.5. The lowest BCUT2D eigenvalue weighted by atomic mass is 9.78. The maximum atomic E-state index is 11.5. The molecule has 0 saturated carbocycles. The molecule has 0 bridgehead atoms. The molecular formula is C15H19NO4. The molecule has 3 rings (SSSR count). The summed E-state index contributed by atoms with van der Waals surface area (Å²) in [5, 5.41) is 12.7. The lowest BCUT2D eigenvalue weighted by Crippen LogP contribution is -2.44. The van der Waals surface area contributed by atoms with E-state index in [1.165, 1.54) is 0 Å². The van der Waals surface area contributed by atoms with Crippen molar-refractivity contribution in [1.82, 2.24) is 5.32 Å². The Hall–Kier alpha value is -1.75. The summed E-state index contributed by atoms with van der Waals surface area (Å²) in [6.07, 6.45) is 0.788. The number of piperidine rings is 1. The van der Waals surface area contributed by atoms with Crippen molar-refractivity contribution in [2.45, 2.75) is 25.3 Å². The van der Waals surface area contributed by atoms with Gasteiger partial charge in [-0.3, -0.25) is 4.79 Å². The first-order valence-electron chi connectivity index (χ1n) is 7.01. The molecule has 2 N–H and O–H groups in total. The summed E-state index contributed by atoms with van der Waals surface area (Å²) in [7, 11) is 0. The number of hydrogen-bond acceptors (Lipinski definition) is 4. The molecule has 0 radical (unpaired) electrons. The maximum Gasteiger partial charge on any atom is 0.308 e. The van der Waals surface area contributed by atoms with Gasteiger partial charge in [-0.2, -0.15) is 0 Å². The lowest BCUT2D eigenvalue weighted by Gasteiger charge is -2.35. The molecule has 1 aromatic rings. The smallest absolute Gasteiger partial charge is 0.308 e. The van der Waals surface area contributed by atoms with Gasteiger partial charge in [0.15, 0.2) is 11.5 Å². The van der Waals surface area contributed by atoms with Crippen LogP contribution >= 0.6 is 0 Å². The number of hydrogen-bond donors (Lipinski definition) is 2. The number of nitrogens with one attached hydrogen (secondary N) is 1. The van der Waals surface area contributed by atoms with Crippen LogP contribution in [0.3, 0.4) is 0 Å². The molecule has 0 spiro atoms. The summed E-state index contributed by atoms with van der Waals surface area (Å²) in [4.78, 5) is 11.5. The Morgan fingerprint density at radius 1 is 1.35 bits per heavy atom. The van der Waals surface area contributed by atoms with E-state index in [2.05, 4.69) is 12.2 Å². The number of carboxylic acid groups (broad SMARTS) is 1. The number of aliphatic carboxylic acids is 1. The molecule has 0 amide bonds. The van der Waals surface area contributed by atoms with Crippen molar-refractivity contribution in [3.8, 4) is 11.5 Å². The van der Waals surface area contributed by atoms with Gasteiger partial charge in [0.05, 0.1) is 5.92 Å². The van der Waals surface area contributed by atoms with Crippen molar-refractivity contribution in [2.75, 3.05) is 19.8 Å². The molecule has 1 aromatic carbocycles. The second kappa shape index (κ2) is 5.32. The minimum Gasteiger partial charge on any atom is -0.486 e. The Morgan fingerprint density at radius 3 is 2.95 bits per heavy atom. The van der Waals surface area contributed by atoms with E-state index in [4.69, 9.17) is 9.47 Å². The zero-order valence-corrected chi connectivity index (χ0v) is 11.5. The average molecular weight is 277 g/mol. The van der Waals surface area contributed by atoms with Crippen molar-refractivity contribution in [2.24, 2.45) is 5.92 Å². The van der Waals surface area contributed by atoms with E-state index in [-0.39, 0.29) is 5.92 Å². The van der Waals surface area contributed by atoms with Gasteiger partial charge in [0.2, 0.25) is 0 Å². The second-order valence-corrected chi connectivity index (χ2v) is 5.47. The van der Waals surface area contributed by atoms with Crippen LogP contribution in [0.15, 0.2) is 18.2 Å². The fraction of sp³-hybridized carbons (Fsp3) is 0.533. The quantitative estimate of drug-likeness (QED) is 0.860. The molecule has 0 aliphatic carbocycles. The van der Waals surface area contributed by atoms with Crippen LogP contribution in [0.5, 0.6) is 11.5 Å². The van der Waals surface area contributed by atoms with Gasteiger partial charge < -0.3 is 19.9 Å². The van der Waals surface area contributed by atoms with E-state index < -0.39 is 11.9 Å². The van der Waals surface area contributed by atoms with Crippen molar-refractivity contribution < 1.29 is 19.4 Å². The molecule has 3 unspecified atom stereocenters. The molecule has 108 valence electrons. The highest BCUT2D eigenvalue weighted by Crippen LogP contribution is 2.43. The molecule has 2 aliphatic heterocycles. The van der Waals surface area contributed by atoms with Crippen molar-refractivity contribution in [1.29, 1.82) is 0 Å². The third-order valence-electron chi connectivity index (χ3n) is 4.09. The lowest BCUT2D eigenvalue weighted by molar-refractivity contribution is -0.143. The highest BCUT2D eigenvalue weighted by atomic mass is 16.6. The zero-order chi connectivity index (χ0) is 14.1. The monoisotopic (exact) mass is 277 g/mol. The summed E-state index contributed by atoms with van der Waals surface area (Å²) in [6, 6.07) is 6.05. The minimum atomic E-state index is -0.760. The Morgan fingerprint density at radius 2 is 2.15 bits per heavy atom. The standard InChI is InChI=1S/C15H19NO4/c1-9-7-11(12(8-16-9)15(17)18)10-3-2-4-13-14(10)20-6-5-19-13/h2-4,9,11-12,16H,5-8H2,1H3,(H,17,18). The van der Waals surface area contributed by atoms with E-state index >= 15 is 0 Å². The molecule has 20 heavy (non-hydrogen) atoms. The van der Waals surface area contributed by atoms with Crippen LogP contribution in [0, 0.1) is 5.92 Å². The van der Waals surface area contributed by atoms with Gasteiger partial charge in [-0.15, -0.1) is 0 Å². The normalized spacial score (nSPS) is 28.9. The molecule has 2 aliphatic rings. The number of carbonyl (C=O) groups is 1. The predicted octanol–water partition coefficient (Wildman–Crippen LogP) is 1.62. The van der Waals surface area contributed by atoms with E-state index in [9.17, 15) is 9.90 Å². The van der Waals surface area contributed by atoms with Crippen LogP contribution in [0.25, 0.3) is 0 Å². The van der Waals surface area contributed by atoms with Crippen molar-refractivity contribution >= 4 is 5.97 Å². The van der Waals surface area contributed by atoms with Crippen molar-refractivity contribution in [3.05, 3.63) is 23.8 Å². The first kappa shape index (κ1) is 13.2. The highest BCUT2D eigenvalue weighted by molar-refractivity contribution is 5.72. The Labute approximate surface area is 117 Å². The third kappa shape index (κ3) is 2.33. The largest absolute Gasteiger partial charge is 0.486 e. The number of rotatable bonds is 2. The SMILES string of the molecule is CC1CC(c2cccc3c2OCCO3)C(C(=O)O)CN1. The third-order valence-corrected chi connectivity index (χ3v) is 4.09. The summed E-state index contributed by atoms with van der Waals surface area (Å²) in [5.41, 5.74) is 0.961. The van der Waals surface area contributed by atoms with Gasteiger partial charge in [0.25, 0.3) is 0 Å². The highest BCUT2D eigenvalue weighted by Gasteiger charge is 2.37. The summed E-state index contributed by atoms with van der Waals surface area (Å²) < 4.78 is 11.3. The van der Waals surface area contributed by atoms with Crippen LogP contribution in [0.2, 0.25) is 0 Å². The summed E-state index contributed by atoms with van der Waals surface area (Å²) in [5.74, 6) is 0.223. The first-order valence-corrected chi connectivity index (χ1v) is 7.01. The van der Waals surface area contributed by atoms with Crippen LogP contribution < -0.4 is 14.8 Å². The molecule has 2 heterocycles. The number of carboxylic acids is 1. The topological polar surface area (TPSA) is 67.8 Å². The van der Waals surface area contributed by atoms with Crippen LogP contribution in [0.1, 0.15) is 24.8 Å². The van der Waals surface area contributed by atoms with Gasteiger partial charge in [0.1, 0.15) is 13.2 Å². The van der Waals surface area contributed by atoms with Gasteiger partial charge in [-0.25, -0.2) is 0 Å². The Bertz CT molecular complexity index is 517. The number of para-hydroxylation sites is 1. The number of fused-ring (bicyclic) bond motifs is 1. The average Bonchev–Trinajstić information content (AvgIpc) is 2.46. The van der Waals surface area contributed by atoms with E-state index in [0.717, 1.165) is 23.5 Å². The number of ether oxygens (including phenoxy) is 2. The van der Waals surface area contributed by atoms with Gasteiger partial charge in [0, 0.05) is 24.1 Å². The molecule has 5 heteroatoms. The fourth-order valence-corrected chi connectivity index (χ4v) is 3.09. The second-order valence-electron chi connectivity index (χ2n) is 5.47. The Balaban J connectivity index is 1.99. The molecular weight excluding hydrogens is 258 g/mol. The Kier molecular flexibility index (Phi) is 3.53. The van der Waals surface area contributed by atoms with E-state index in [0.29, 0.717) is 25.8 Å². The summed E-state index contributed by atoms with van der Waals surface area (Å²) >= 11 is 0. The molecule has 1 saturated heterocycles. The van der Waals surface area contributed by atoms with Crippen LogP contribution in [-0.2, 0) is 4.79 Å².